The second-order valence-corrected chi connectivity index (χ2v) is 4.94. The van der Waals surface area contributed by atoms with Crippen molar-refractivity contribution in [2.45, 2.75) is 32.4 Å². The first-order chi connectivity index (χ1) is 7.99. The van der Waals surface area contributed by atoms with E-state index >= 15 is 0 Å². The summed E-state index contributed by atoms with van der Waals surface area (Å²) in [6.45, 7) is 5.30. The Hall–Kier alpha value is -0.930. The molecule has 0 aliphatic heterocycles. The van der Waals surface area contributed by atoms with Crippen molar-refractivity contribution in [3.8, 4) is 0 Å². The van der Waals surface area contributed by atoms with Gasteiger partial charge in [-0.15, -0.1) is 0 Å². The predicted molar refractivity (Wildman–Crippen MR) is 70.6 cm³/mol. The number of halogens is 1. The Balaban J connectivity index is 2.45. The summed E-state index contributed by atoms with van der Waals surface area (Å²) >= 11 is 0. The second-order valence-electron chi connectivity index (χ2n) is 4.94. The molecule has 96 valence electrons. The van der Waals surface area contributed by atoms with E-state index in [4.69, 9.17) is 0 Å². The number of nitrogens with one attached hydrogen (secondary N) is 1. The summed E-state index contributed by atoms with van der Waals surface area (Å²) in [7, 11) is 4.14. The lowest BCUT2D eigenvalue weighted by Crippen LogP contribution is -2.31. The summed E-state index contributed by atoms with van der Waals surface area (Å²) in [5, 5.41) is 3.49. The largest absolute Gasteiger partial charge is 0.309 e. The van der Waals surface area contributed by atoms with E-state index in [1.807, 2.05) is 6.07 Å². The fourth-order valence-corrected chi connectivity index (χ4v) is 1.83. The molecule has 0 aliphatic carbocycles. The molecule has 0 bridgehead atoms. The van der Waals surface area contributed by atoms with Gasteiger partial charge in [0.25, 0.3) is 0 Å². The van der Waals surface area contributed by atoms with Crippen LogP contribution in [0.2, 0.25) is 0 Å². The normalized spacial score (nSPS) is 14.9. The average molecular weight is 238 g/mol. The van der Waals surface area contributed by atoms with E-state index in [9.17, 15) is 4.39 Å². The van der Waals surface area contributed by atoms with Crippen LogP contribution in [0.1, 0.15) is 31.9 Å². The molecule has 0 saturated heterocycles. The molecule has 0 amide bonds. The maximum atomic E-state index is 13.1. The molecule has 17 heavy (non-hydrogen) atoms. The average Bonchev–Trinajstić information content (AvgIpc) is 2.26. The van der Waals surface area contributed by atoms with Gasteiger partial charge in [0.15, 0.2) is 0 Å². The monoisotopic (exact) mass is 238 g/mol. The van der Waals surface area contributed by atoms with Crippen LogP contribution in [-0.2, 0) is 0 Å². The summed E-state index contributed by atoms with van der Waals surface area (Å²) in [4.78, 5) is 2.17. The summed E-state index contributed by atoms with van der Waals surface area (Å²) < 4.78 is 13.1. The van der Waals surface area contributed by atoms with Crippen LogP contribution in [0, 0.1) is 5.82 Å². The number of rotatable bonds is 6. The molecule has 2 unspecified atom stereocenters. The molecule has 2 atom stereocenters. The quantitative estimate of drug-likeness (QED) is 0.820. The first-order valence-corrected chi connectivity index (χ1v) is 6.15. The molecule has 1 N–H and O–H groups in total. The van der Waals surface area contributed by atoms with Gasteiger partial charge in [0, 0.05) is 12.1 Å². The smallest absolute Gasteiger partial charge is 0.123 e. The minimum Gasteiger partial charge on any atom is -0.309 e. The van der Waals surface area contributed by atoms with Crippen LogP contribution in [0.3, 0.4) is 0 Å². The zero-order valence-corrected chi connectivity index (χ0v) is 11.2. The van der Waals surface area contributed by atoms with Crippen molar-refractivity contribution < 1.29 is 4.39 Å². The fourth-order valence-electron chi connectivity index (χ4n) is 1.83. The van der Waals surface area contributed by atoms with E-state index in [1.54, 1.807) is 12.1 Å². The Kier molecular flexibility index (Phi) is 5.59. The first-order valence-electron chi connectivity index (χ1n) is 6.15. The summed E-state index contributed by atoms with van der Waals surface area (Å²) in [6.07, 6.45) is 1.09. The standard InChI is InChI=1S/C14H23FN2/c1-11(8-9-17(3)4)16-12(2)13-6-5-7-14(15)10-13/h5-7,10-12,16H,8-9H2,1-4H3. The second kappa shape index (κ2) is 6.72. The Labute approximate surface area is 104 Å². The summed E-state index contributed by atoms with van der Waals surface area (Å²) in [6, 6.07) is 7.40. The van der Waals surface area contributed by atoms with Crippen LogP contribution in [0.25, 0.3) is 0 Å². The molecule has 1 rings (SSSR count). The molecule has 1 aromatic carbocycles. The van der Waals surface area contributed by atoms with Gasteiger partial charge in [-0.2, -0.15) is 0 Å². The minimum atomic E-state index is -0.169. The van der Waals surface area contributed by atoms with Gasteiger partial charge < -0.3 is 10.2 Å². The topological polar surface area (TPSA) is 15.3 Å². The summed E-state index contributed by atoms with van der Waals surface area (Å²) in [5.41, 5.74) is 1.00. The molecule has 0 radical (unpaired) electrons. The van der Waals surface area contributed by atoms with Gasteiger partial charge in [-0.3, -0.25) is 0 Å². The van der Waals surface area contributed by atoms with E-state index < -0.39 is 0 Å². The highest BCUT2D eigenvalue weighted by atomic mass is 19.1. The fraction of sp³-hybridized carbons (Fsp3) is 0.571. The molecule has 1 aromatic rings. The third kappa shape index (κ3) is 5.29. The van der Waals surface area contributed by atoms with Crippen LogP contribution < -0.4 is 5.32 Å². The molecule has 2 nitrogen and oxygen atoms in total. The van der Waals surface area contributed by atoms with Crippen LogP contribution >= 0.6 is 0 Å². The van der Waals surface area contributed by atoms with Crippen molar-refractivity contribution in [1.82, 2.24) is 10.2 Å². The highest BCUT2D eigenvalue weighted by Crippen LogP contribution is 2.14. The number of benzene rings is 1. The first kappa shape index (κ1) is 14.1. The molecule has 0 spiro atoms. The SMILES string of the molecule is CC(CCN(C)C)NC(C)c1cccc(F)c1. The highest BCUT2D eigenvalue weighted by Gasteiger charge is 2.10. The maximum Gasteiger partial charge on any atom is 0.123 e. The molecule has 0 heterocycles. The number of hydrogen-bond donors (Lipinski definition) is 1. The molecule has 0 aliphatic rings. The van der Waals surface area contributed by atoms with E-state index in [0.717, 1.165) is 18.5 Å². The van der Waals surface area contributed by atoms with Crippen LogP contribution in [-0.4, -0.2) is 31.6 Å². The minimum absolute atomic E-state index is 0.169. The zero-order chi connectivity index (χ0) is 12.8. The van der Waals surface area contributed by atoms with Crippen molar-refractivity contribution in [2.75, 3.05) is 20.6 Å². The van der Waals surface area contributed by atoms with Crippen molar-refractivity contribution >= 4 is 0 Å². The maximum absolute atomic E-state index is 13.1. The van der Waals surface area contributed by atoms with Gasteiger partial charge in [0.05, 0.1) is 0 Å². The van der Waals surface area contributed by atoms with Gasteiger partial charge in [-0.05, 0) is 58.6 Å². The lowest BCUT2D eigenvalue weighted by molar-refractivity contribution is 0.354. The summed E-state index contributed by atoms with van der Waals surface area (Å²) in [5.74, 6) is -0.169. The Bertz CT molecular complexity index is 339. The van der Waals surface area contributed by atoms with Gasteiger partial charge in [0.2, 0.25) is 0 Å². The molecule has 0 saturated carbocycles. The van der Waals surface area contributed by atoms with Crippen molar-refractivity contribution in [1.29, 1.82) is 0 Å². The molecule has 0 fully saturated rings. The van der Waals surface area contributed by atoms with E-state index in [2.05, 4.69) is 38.2 Å². The van der Waals surface area contributed by atoms with Crippen LogP contribution in [0.5, 0.6) is 0 Å². The lowest BCUT2D eigenvalue weighted by atomic mass is 10.1. The molecule has 0 aromatic heterocycles. The van der Waals surface area contributed by atoms with Crippen molar-refractivity contribution in [2.24, 2.45) is 0 Å². The van der Waals surface area contributed by atoms with Gasteiger partial charge >= 0.3 is 0 Å². The Morgan fingerprint density at radius 3 is 2.59 bits per heavy atom. The Morgan fingerprint density at radius 2 is 2.00 bits per heavy atom. The third-order valence-electron chi connectivity index (χ3n) is 2.89. The highest BCUT2D eigenvalue weighted by molar-refractivity contribution is 5.19. The van der Waals surface area contributed by atoms with Crippen LogP contribution in [0.4, 0.5) is 4.39 Å². The van der Waals surface area contributed by atoms with Crippen molar-refractivity contribution in [3.05, 3.63) is 35.6 Å². The van der Waals surface area contributed by atoms with Gasteiger partial charge in [-0.25, -0.2) is 4.39 Å². The predicted octanol–water partition coefficient (Wildman–Crippen LogP) is 2.82. The Morgan fingerprint density at radius 1 is 1.29 bits per heavy atom. The van der Waals surface area contributed by atoms with Crippen molar-refractivity contribution in [3.63, 3.8) is 0 Å². The van der Waals surface area contributed by atoms with Gasteiger partial charge in [-0.1, -0.05) is 12.1 Å². The third-order valence-corrected chi connectivity index (χ3v) is 2.89. The molecule has 3 heteroatoms. The number of nitrogens with zero attached hydrogens (tertiary/aromatic N) is 1. The van der Waals surface area contributed by atoms with Crippen LogP contribution in [0.15, 0.2) is 24.3 Å². The molecular formula is C14H23FN2. The van der Waals surface area contributed by atoms with E-state index in [-0.39, 0.29) is 11.9 Å². The number of hydrogen-bond acceptors (Lipinski definition) is 2. The molecular weight excluding hydrogens is 215 g/mol. The van der Waals surface area contributed by atoms with E-state index in [0.29, 0.717) is 6.04 Å². The van der Waals surface area contributed by atoms with Gasteiger partial charge in [0.1, 0.15) is 5.82 Å². The lowest BCUT2D eigenvalue weighted by Gasteiger charge is -2.21. The van der Waals surface area contributed by atoms with E-state index in [1.165, 1.54) is 6.07 Å². The zero-order valence-electron chi connectivity index (χ0n) is 11.2.